The quantitative estimate of drug-likeness (QED) is 0.0696. The molecule has 3 aromatic carbocycles. The molecule has 280 valence electrons. The van der Waals surface area contributed by atoms with Crippen LogP contribution in [0.2, 0.25) is 5.02 Å². The molecule has 54 heavy (non-hydrogen) atoms. The van der Waals surface area contributed by atoms with E-state index in [9.17, 15) is 9.18 Å². The summed E-state index contributed by atoms with van der Waals surface area (Å²) < 4.78 is 54.2. The average Bonchev–Trinajstić information content (AvgIpc) is 3.58. The van der Waals surface area contributed by atoms with E-state index in [2.05, 4.69) is 19.9 Å². The third-order valence-corrected chi connectivity index (χ3v) is 9.87. The fourth-order valence-electron chi connectivity index (χ4n) is 5.69. The monoisotopic (exact) mass is 774 g/mol. The number of fused-ring (bicyclic) bond motifs is 1. The highest BCUT2D eigenvalue weighted by molar-refractivity contribution is 7.22. The Kier molecular flexibility index (Phi) is 12.4. The summed E-state index contributed by atoms with van der Waals surface area (Å²) in [6.45, 7) is 3.69. The third-order valence-electron chi connectivity index (χ3n) is 8.25. The van der Waals surface area contributed by atoms with Crippen molar-refractivity contribution in [3.63, 3.8) is 0 Å². The molecule has 15 heteroatoms. The highest BCUT2D eigenvalue weighted by Crippen LogP contribution is 2.50. The maximum Gasteiger partial charge on any atom is 0.347 e. The van der Waals surface area contributed by atoms with Crippen molar-refractivity contribution in [2.24, 2.45) is 0 Å². The van der Waals surface area contributed by atoms with Crippen LogP contribution in [0, 0.1) is 12.7 Å². The van der Waals surface area contributed by atoms with E-state index in [0.29, 0.717) is 59.6 Å². The van der Waals surface area contributed by atoms with Gasteiger partial charge in [0.25, 0.3) is 0 Å². The zero-order chi connectivity index (χ0) is 38.2. The van der Waals surface area contributed by atoms with E-state index in [4.69, 9.17) is 44.8 Å². The minimum Gasteiger partial charge on any atom is -0.495 e. The number of hydrogen-bond donors (Lipinski definition) is 0. The van der Waals surface area contributed by atoms with Crippen LogP contribution in [-0.4, -0.2) is 66.7 Å². The Morgan fingerprint density at radius 2 is 1.78 bits per heavy atom. The number of rotatable bonds is 16. The molecule has 0 aliphatic rings. The van der Waals surface area contributed by atoms with Gasteiger partial charge >= 0.3 is 12.0 Å². The van der Waals surface area contributed by atoms with Gasteiger partial charge in [0, 0.05) is 30.2 Å². The van der Waals surface area contributed by atoms with E-state index in [0.717, 1.165) is 5.56 Å². The Balaban J connectivity index is 1.45. The Morgan fingerprint density at radius 3 is 2.56 bits per heavy atom. The number of thiophene rings is 1. The summed E-state index contributed by atoms with van der Waals surface area (Å²) in [5, 5.41) is 0.923. The van der Waals surface area contributed by atoms with E-state index >= 15 is 0 Å². The first-order chi connectivity index (χ1) is 26.3. The van der Waals surface area contributed by atoms with Gasteiger partial charge in [-0.3, -0.25) is 0 Å². The van der Waals surface area contributed by atoms with E-state index in [1.54, 1.807) is 43.5 Å². The average molecular weight is 775 g/mol. The molecule has 0 N–H and O–H groups in total. The molecule has 0 amide bonds. The van der Waals surface area contributed by atoms with Gasteiger partial charge in [0.2, 0.25) is 12.0 Å². The van der Waals surface area contributed by atoms with Crippen molar-refractivity contribution < 1.29 is 42.3 Å². The Morgan fingerprint density at radius 1 is 0.944 bits per heavy atom. The van der Waals surface area contributed by atoms with E-state index in [-0.39, 0.29) is 44.1 Å². The van der Waals surface area contributed by atoms with Gasteiger partial charge in [-0.25, -0.2) is 24.1 Å². The number of methoxy groups -OCH3 is 3. The number of para-hydroxylation sites is 1. The molecule has 0 aliphatic heterocycles. The number of halogens is 2. The first-order valence-corrected chi connectivity index (χ1v) is 17.9. The van der Waals surface area contributed by atoms with Gasteiger partial charge in [-0.15, -0.1) is 11.3 Å². The van der Waals surface area contributed by atoms with Gasteiger partial charge in [0.1, 0.15) is 29.3 Å². The lowest BCUT2D eigenvalue weighted by Gasteiger charge is -2.20. The second-order valence-electron chi connectivity index (χ2n) is 11.6. The molecule has 0 saturated carbocycles. The van der Waals surface area contributed by atoms with Crippen LogP contribution in [-0.2, 0) is 27.3 Å². The van der Waals surface area contributed by atoms with Crippen LogP contribution in [0.5, 0.6) is 29.1 Å². The first-order valence-electron chi connectivity index (χ1n) is 16.7. The zero-order valence-corrected chi connectivity index (χ0v) is 31.6. The predicted molar refractivity (Wildman–Crippen MR) is 201 cm³/mol. The predicted octanol–water partition coefficient (Wildman–Crippen LogP) is 8.05. The van der Waals surface area contributed by atoms with Gasteiger partial charge in [-0.1, -0.05) is 41.9 Å². The molecule has 1 atom stereocenters. The summed E-state index contributed by atoms with van der Waals surface area (Å²) in [4.78, 5) is 32.4. The van der Waals surface area contributed by atoms with E-state index in [1.807, 2.05) is 31.2 Å². The molecule has 6 aromatic rings. The van der Waals surface area contributed by atoms with Crippen LogP contribution in [0.15, 0.2) is 73.2 Å². The van der Waals surface area contributed by atoms with Crippen molar-refractivity contribution in [2.45, 2.75) is 33.0 Å². The summed E-state index contributed by atoms with van der Waals surface area (Å²) >= 11 is 8.14. The third kappa shape index (κ3) is 8.30. The van der Waals surface area contributed by atoms with E-state index < -0.39 is 17.9 Å². The number of aromatic nitrogens is 4. The van der Waals surface area contributed by atoms with Crippen molar-refractivity contribution in [3.8, 4) is 50.7 Å². The highest BCUT2D eigenvalue weighted by atomic mass is 35.5. The Labute approximate surface area is 319 Å². The lowest BCUT2D eigenvalue weighted by atomic mass is 9.95. The molecule has 12 nitrogen and oxygen atoms in total. The van der Waals surface area contributed by atoms with Gasteiger partial charge in [-0.2, -0.15) is 4.98 Å². The molecule has 3 aromatic heterocycles. The largest absolute Gasteiger partial charge is 0.495 e. The molecule has 0 saturated heterocycles. The Hall–Kier alpha value is -5.57. The van der Waals surface area contributed by atoms with Crippen LogP contribution < -0.4 is 23.7 Å². The molecular weight excluding hydrogens is 739 g/mol. The molecule has 0 radical (unpaired) electrons. The van der Waals surface area contributed by atoms with Crippen molar-refractivity contribution in [3.05, 3.63) is 101 Å². The molecule has 0 aliphatic carbocycles. The molecular formula is C39H36ClFN4O8S. The standard InChI is InChI=1S/C39H36ClFN4O8S/c1-6-50-38(46)31(17-23-9-7-8-10-28(23)51-19-25-15-16-42-39(45-25)49-5)53-36-33-32(26-12-14-29(48-4)34(40)22(26)2)35(54-37(33)44-20-43-36)24-11-13-27(41)30(18-24)52-21-47-3/h7-16,18,20,31H,6,17,19,21H2,1-5H3/t31-/m1/s1. The van der Waals surface area contributed by atoms with Crippen LogP contribution in [0.25, 0.3) is 31.8 Å². The van der Waals surface area contributed by atoms with Gasteiger partial charge in [0.15, 0.2) is 18.4 Å². The van der Waals surface area contributed by atoms with Crippen LogP contribution in [0.1, 0.15) is 23.7 Å². The molecule has 0 fully saturated rings. The lowest BCUT2D eigenvalue weighted by molar-refractivity contribution is -0.151. The number of ether oxygens (including phenoxy) is 7. The van der Waals surface area contributed by atoms with Crippen molar-refractivity contribution in [1.29, 1.82) is 0 Å². The van der Waals surface area contributed by atoms with Crippen LogP contribution in [0.4, 0.5) is 4.39 Å². The number of hydrogen-bond acceptors (Lipinski definition) is 13. The van der Waals surface area contributed by atoms with Gasteiger partial charge in [-0.05, 0) is 66.4 Å². The minimum absolute atomic E-state index is 0.00640. The molecule has 3 heterocycles. The van der Waals surface area contributed by atoms with Gasteiger partial charge in [0.05, 0.1) is 36.9 Å². The zero-order valence-electron chi connectivity index (χ0n) is 30.1. The maximum absolute atomic E-state index is 14.8. The van der Waals surface area contributed by atoms with Crippen molar-refractivity contribution in [2.75, 3.05) is 34.7 Å². The fraction of sp³-hybridized carbons (Fsp3) is 0.256. The van der Waals surface area contributed by atoms with Crippen LogP contribution in [0.3, 0.4) is 0 Å². The summed E-state index contributed by atoms with van der Waals surface area (Å²) in [6, 6.07) is 17.4. The molecule has 6 rings (SSSR count). The Bertz CT molecular complexity index is 2270. The topological polar surface area (TPSA) is 133 Å². The number of nitrogens with zero attached hydrogens (tertiary/aromatic N) is 4. The second-order valence-corrected chi connectivity index (χ2v) is 13.0. The normalized spacial score (nSPS) is 11.6. The molecule has 0 unspecified atom stereocenters. The van der Waals surface area contributed by atoms with Gasteiger partial charge < -0.3 is 33.2 Å². The SMILES string of the molecule is CCOC(=O)[C@@H](Cc1ccccc1OCc1ccnc(OC)n1)Oc1ncnc2sc(-c3ccc(F)c(OCOC)c3)c(-c3ccc(OC)c(Cl)c3C)c12. The van der Waals surface area contributed by atoms with Crippen LogP contribution >= 0.6 is 22.9 Å². The summed E-state index contributed by atoms with van der Waals surface area (Å²) in [6.07, 6.45) is 1.87. The maximum atomic E-state index is 14.8. The number of benzene rings is 3. The summed E-state index contributed by atoms with van der Waals surface area (Å²) in [7, 11) is 4.48. The first kappa shape index (κ1) is 38.2. The molecule has 0 spiro atoms. The minimum atomic E-state index is -1.15. The van der Waals surface area contributed by atoms with Crippen molar-refractivity contribution in [1.82, 2.24) is 19.9 Å². The molecule has 0 bridgehead atoms. The summed E-state index contributed by atoms with van der Waals surface area (Å²) in [5.41, 5.74) is 4.00. The highest BCUT2D eigenvalue weighted by Gasteiger charge is 2.29. The fourth-order valence-corrected chi connectivity index (χ4v) is 7.07. The number of carbonyl (C=O) groups excluding carboxylic acids is 1. The smallest absolute Gasteiger partial charge is 0.347 e. The van der Waals surface area contributed by atoms with Crippen molar-refractivity contribution >= 4 is 39.1 Å². The lowest BCUT2D eigenvalue weighted by Crippen LogP contribution is -2.32. The number of esters is 1. The van der Waals surface area contributed by atoms with E-state index in [1.165, 1.54) is 45.1 Å². The summed E-state index contributed by atoms with van der Waals surface area (Å²) in [5.74, 6) is -0.00209. The number of carbonyl (C=O) groups is 1. The second kappa shape index (κ2) is 17.5.